The van der Waals surface area contributed by atoms with Crippen LogP contribution in [0.25, 0.3) is 10.9 Å². The number of fused-ring (bicyclic) bond motifs is 2. The number of aromatic amines is 1. The number of hydrogen-bond donors (Lipinski definition) is 2. The number of H-pyrrole nitrogens is 1. The first-order valence-corrected chi connectivity index (χ1v) is 10.5. The zero-order valence-electron chi connectivity index (χ0n) is 17.1. The van der Waals surface area contributed by atoms with Crippen LogP contribution in [0.4, 0.5) is 10.1 Å². The molecule has 2 aromatic heterocycles. The molecule has 0 bridgehead atoms. The highest BCUT2D eigenvalue weighted by atomic mass is 19.1. The van der Waals surface area contributed by atoms with E-state index >= 15 is 0 Å². The van der Waals surface area contributed by atoms with E-state index in [0.29, 0.717) is 18.8 Å². The summed E-state index contributed by atoms with van der Waals surface area (Å²) in [5.74, 6) is 0.101. The van der Waals surface area contributed by atoms with Crippen LogP contribution in [0.15, 0.2) is 42.7 Å². The number of aromatic nitrogens is 2. The number of hydrogen-bond acceptors (Lipinski definition) is 3. The van der Waals surface area contributed by atoms with Crippen LogP contribution in [-0.4, -0.2) is 34.3 Å². The van der Waals surface area contributed by atoms with Crippen LogP contribution in [0.1, 0.15) is 43.9 Å². The highest BCUT2D eigenvalue weighted by Crippen LogP contribution is 2.51. The number of rotatable bonds is 5. The second-order valence-electron chi connectivity index (χ2n) is 9.38. The second-order valence-corrected chi connectivity index (χ2v) is 9.38. The number of anilines is 1. The van der Waals surface area contributed by atoms with Gasteiger partial charge in [-0.05, 0) is 72.9 Å². The van der Waals surface area contributed by atoms with Crippen LogP contribution in [0.3, 0.4) is 0 Å². The van der Waals surface area contributed by atoms with Crippen LogP contribution in [0.5, 0.6) is 0 Å². The van der Waals surface area contributed by atoms with E-state index in [9.17, 15) is 9.50 Å². The quantitative estimate of drug-likeness (QED) is 0.667. The molecule has 2 unspecified atom stereocenters. The molecular formula is C24H28FN3O. The van der Waals surface area contributed by atoms with Gasteiger partial charge in [-0.2, -0.15) is 0 Å². The van der Waals surface area contributed by atoms with Gasteiger partial charge >= 0.3 is 0 Å². The van der Waals surface area contributed by atoms with Crippen LogP contribution >= 0.6 is 0 Å². The molecule has 152 valence electrons. The number of aliphatic hydroxyl groups is 1. The minimum Gasteiger partial charge on any atom is -0.389 e. The third-order valence-electron chi connectivity index (χ3n) is 7.03. The Balaban J connectivity index is 1.49. The van der Waals surface area contributed by atoms with Crippen molar-refractivity contribution in [2.24, 2.45) is 5.92 Å². The van der Waals surface area contributed by atoms with Crippen molar-refractivity contribution in [3.63, 3.8) is 0 Å². The normalized spacial score (nSPS) is 23.8. The summed E-state index contributed by atoms with van der Waals surface area (Å²) in [7, 11) is 2.06. The van der Waals surface area contributed by atoms with Gasteiger partial charge in [0.2, 0.25) is 0 Å². The molecule has 5 rings (SSSR count). The van der Waals surface area contributed by atoms with Gasteiger partial charge in [0, 0.05) is 43.0 Å². The molecule has 0 amide bonds. The predicted octanol–water partition coefficient (Wildman–Crippen LogP) is 4.57. The first kappa shape index (κ1) is 18.6. The number of pyridine rings is 1. The van der Waals surface area contributed by atoms with Gasteiger partial charge in [0.15, 0.2) is 0 Å². The molecule has 3 aromatic rings. The fourth-order valence-electron chi connectivity index (χ4n) is 5.28. The maximum Gasteiger partial charge on any atom is 0.123 e. The Morgan fingerprint density at radius 3 is 2.90 bits per heavy atom. The molecule has 4 nitrogen and oxygen atoms in total. The molecule has 2 aliphatic rings. The van der Waals surface area contributed by atoms with Crippen molar-refractivity contribution in [1.82, 2.24) is 9.97 Å². The Morgan fingerprint density at radius 2 is 2.14 bits per heavy atom. The third kappa shape index (κ3) is 3.31. The average molecular weight is 394 g/mol. The molecule has 1 fully saturated rings. The molecule has 29 heavy (non-hydrogen) atoms. The number of nitrogens with zero attached hydrogens (tertiary/aromatic N) is 2. The van der Waals surface area contributed by atoms with Gasteiger partial charge in [0.1, 0.15) is 5.82 Å². The molecule has 5 heteroatoms. The van der Waals surface area contributed by atoms with Gasteiger partial charge in [-0.15, -0.1) is 0 Å². The Labute approximate surface area is 170 Å². The summed E-state index contributed by atoms with van der Waals surface area (Å²) >= 11 is 0. The van der Waals surface area contributed by atoms with Gasteiger partial charge in [-0.25, -0.2) is 4.39 Å². The minimum atomic E-state index is -0.803. The molecule has 1 aliphatic carbocycles. The van der Waals surface area contributed by atoms with Crippen molar-refractivity contribution >= 4 is 16.6 Å². The van der Waals surface area contributed by atoms with Crippen molar-refractivity contribution in [3.05, 3.63) is 59.8 Å². The Hall–Kier alpha value is -2.40. The lowest BCUT2D eigenvalue weighted by Gasteiger charge is -2.45. The van der Waals surface area contributed by atoms with Crippen LogP contribution in [0, 0.1) is 11.7 Å². The molecule has 1 saturated carbocycles. The van der Waals surface area contributed by atoms with Gasteiger partial charge in [-0.1, -0.05) is 6.92 Å². The van der Waals surface area contributed by atoms with E-state index in [4.69, 9.17) is 0 Å². The molecule has 0 spiro atoms. The summed E-state index contributed by atoms with van der Waals surface area (Å²) in [6.45, 7) is 3.11. The summed E-state index contributed by atoms with van der Waals surface area (Å²) in [5.41, 5.74) is 3.08. The van der Waals surface area contributed by atoms with E-state index in [-0.39, 0.29) is 11.2 Å². The average Bonchev–Trinajstić information content (AvgIpc) is 3.47. The minimum absolute atomic E-state index is 0.205. The van der Waals surface area contributed by atoms with E-state index in [1.165, 1.54) is 6.07 Å². The van der Waals surface area contributed by atoms with Crippen LogP contribution in [0.2, 0.25) is 0 Å². The van der Waals surface area contributed by atoms with Crippen molar-refractivity contribution in [2.75, 3.05) is 18.5 Å². The summed E-state index contributed by atoms with van der Waals surface area (Å²) < 4.78 is 14.1. The summed E-state index contributed by atoms with van der Waals surface area (Å²) in [6, 6.07) is 9.19. The fourth-order valence-corrected chi connectivity index (χ4v) is 5.28. The van der Waals surface area contributed by atoms with Crippen molar-refractivity contribution < 1.29 is 9.50 Å². The third-order valence-corrected chi connectivity index (χ3v) is 7.03. The molecule has 1 aliphatic heterocycles. The molecular weight excluding hydrogens is 365 g/mol. The van der Waals surface area contributed by atoms with E-state index in [0.717, 1.165) is 53.7 Å². The Bertz CT molecular complexity index is 1030. The highest BCUT2D eigenvalue weighted by molar-refractivity contribution is 5.79. The van der Waals surface area contributed by atoms with Gasteiger partial charge in [0.25, 0.3) is 0 Å². The lowest BCUT2D eigenvalue weighted by molar-refractivity contribution is -0.0127. The molecule has 3 heterocycles. The first-order chi connectivity index (χ1) is 13.9. The number of benzene rings is 1. The van der Waals surface area contributed by atoms with Crippen molar-refractivity contribution in [2.45, 2.75) is 50.0 Å². The molecule has 0 saturated heterocycles. The SMILES string of the molecule is CN1CCC(C)(CC(O)(Cc2cc3ccncc3[nH]2)C2CC2)c2cc(F)ccc21. The number of nitrogens with one attached hydrogen (secondary N) is 1. The first-order valence-electron chi connectivity index (χ1n) is 10.5. The van der Waals surface area contributed by atoms with Gasteiger partial charge in [-0.3, -0.25) is 4.98 Å². The van der Waals surface area contributed by atoms with Gasteiger partial charge < -0.3 is 15.0 Å². The standard InChI is InChI=1S/C24H28FN3O/c1-23(8-10-28(2)22-6-5-18(25)12-20(22)23)15-24(29,17-3-4-17)13-19-11-16-7-9-26-14-21(16)27-19/h5-7,9,11-12,14,17,27,29H,3-4,8,10,13,15H2,1-2H3. The van der Waals surface area contributed by atoms with Gasteiger partial charge in [0.05, 0.1) is 17.3 Å². The summed E-state index contributed by atoms with van der Waals surface area (Å²) in [5, 5.41) is 13.0. The molecule has 2 atom stereocenters. The van der Waals surface area contributed by atoms with Crippen LogP contribution < -0.4 is 4.90 Å². The largest absolute Gasteiger partial charge is 0.389 e. The van der Waals surface area contributed by atoms with E-state index in [1.807, 2.05) is 18.3 Å². The monoisotopic (exact) mass is 393 g/mol. The smallest absolute Gasteiger partial charge is 0.123 e. The fraction of sp³-hybridized carbons (Fsp3) is 0.458. The summed E-state index contributed by atoms with van der Waals surface area (Å²) in [6.07, 6.45) is 7.87. The zero-order chi connectivity index (χ0) is 20.2. The lowest BCUT2D eigenvalue weighted by Crippen LogP contribution is -2.46. The predicted molar refractivity (Wildman–Crippen MR) is 114 cm³/mol. The molecule has 0 radical (unpaired) electrons. The van der Waals surface area contributed by atoms with E-state index < -0.39 is 5.60 Å². The molecule has 2 N–H and O–H groups in total. The van der Waals surface area contributed by atoms with Crippen molar-refractivity contribution in [3.8, 4) is 0 Å². The lowest BCUT2D eigenvalue weighted by atomic mass is 9.67. The van der Waals surface area contributed by atoms with Crippen LogP contribution in [-0.2, 0) is 11.8 Å². The van der Waals surface area contributed by atoms with Crippen molar-refractivity contribution in [1.29, 1.82) is 0 Å². The topological polar surface area (TPSA) is 52.1 Å². The highest BCUT2D eigenvalue weighted by Gasteiger charge is 2.49. The maximum absolute atomic E-state index is 14.1. The zero-order valence-corrected chi connectivity index (χ0v) is 17.1. The number of halogens is 1. The molecule has 1 aromatic carbocycles. The maximum atomic E-state index is 14.1. The Morgan fingerprint density at radius 1 is 1.31 bits per heavy atom. The van der Waals surface area contributed by atoms with E-state index in [2.05, 4.69) is 34.9 Å². The Kier molecular flexibility index (Phi) is 4.21. The summed E-state index contributed by atoms with van der Waals surface area (Å²) in [4.78, 5) is 9.80. The van der Waals surface area contributed by atoms with E-state index in [1.54, 1.807) is 12.3 Å². The second kappa shape index (κ2) is 6.56.